The largest absolute Gasteiger partial charge is 0.325 e. The molecule has 2 heterocycles. The second-order valence-corrected chi connectivity index (χ2v) is 8.66. The molecule has 0 atom stereocenters. The van der Waals surface area contributed by atoms with Gasteiger partial charge in [0.05, 0.1) is 11.4 Å². The standard InChI is InChI=1S/C25H25N5OS/c1-17-4-5-18(2)23(14-17)30-19(3)28-29-25(30)32-16-24(31)27-22-8-6-20(7-9-22)15-21-10-12-26-13-11-21/h4-14H,15-16H2,1-3H3,(H,27,31). The summed E-state index contributed by atoms with van der Waals surface area (Å²) in [7, 11) is 0. The molecule has 7 heteroatoms. The minimum Gasteiger partial charge on any atom is -0.325 e. The molecule has 0 fully saturated rings. The van der Waals surface area contributed by atoms with E-state index in [2.05, 4.69) is 52.5 Å². The zero-order valence-corrected chi connectivity index (χ0v) is 19.2. The lowest BCUT2D eigenvalue weighted by Gasteiger charge is -2.12. The van der Waals surface area contributed by atoms with Gasteiger partial charge in [0.2, 0.25) is 5.91 Å². The van der Waals surface area contributed by atoms with Gasteiger partial charge in [0.1, 0.15) is 5.82 Å². The van der Waals surface area contributed by atoms with E-state index in [0.29, 0.717) is 5.16 Å². The van der Waals surface area contributed by atoms with Gasteiger partial charge in [-0.05, 0) is 79.8 Å². The van der Waals surface area contributed by atoms with Crippen LogP contribution in [0.25, 0.3) is 5.69 Å². The number of amides is 1. The summed E-state index contributed by atoms with van der Waals surface area (Å²) in [4.78, 5) is 16.6. The monoisotopic (exact) mass is 443 g/mol. The van der Waals surface area contributed by atoms with E-state index in [0.717, 1.165) is 29.2 Å². The van der Waals surface area contributed by atoms with E-state index in [4.69, 9.17) is 0 Å². The van der Waals surface area contributed by atoms with Gasteiger partial charge in [-0.25, -0.2) is 0 Å². The van der Waals surface area contributed by atoms with Gasteiger partial charge in [-0.2, -0.15) is 0 Å². The molecule has 1 amide bonds. The van der Waals surface area contributed by atoms with E-state index in [-0.39, 0.29) is 11.7 Å². The third-order valence-electron chi connectivity index (χ3n) is 5.13. The van der Waals surface area contributed by atoms with Crippen molar-refractivity contribution in [3.8, 4) is 5.69 Å². The van der Waals surface area contributed by atoms with Crippen molar-refractivity contribution in [2.75, 3.05) is 11.1 Å². The highest BCUT2D eigenvalue weighted by molar-refractivity contribution is 7.99. The summed E-state index contributed by atoms with van der Waals surface area (Å²) in [6.45, 7) is 6.05. The van der Waals surface area contributed by atoms with E-state index >= 15 is 0 Å². The van der Waals surface area contributed by atoms with Crippen LogP contribution in [0.5, 0.6) is 0 Å². The van der Waals surface area contributed by atoms with Crippen molar-refractivity contribution in [2.24, 2.45) is 0 Å². The SMILES string of the molecule is Cc1ccc(C)c(-n2c(C)nnc2SCC(=O)Nc2ccc(Cc3ccncc3)cc2)c1. The molecular formula is C25H25N5OS. The van der Waals surface area contributed by atoms with Crippen LogP contribution in [0.2, 0.25) is 0 Å². The first-order valence-electron chi connectivity index (χ1n) is 10.4. The van der Waals surface area contributed by atoms with Crippen LogP contribution in [-0.4, -0.2) is 31.4 Å². The van der Waals surface area contributed by atoms with Crippen LogP contribution in [0.4, 0.5) is 5.69 Å². The predicted octanol–water partition coefficient (Wildman–Crippen LogP) is 4.91. The summed E-state index contributed by atoms with van der Waals surface area (Å²) in [5, 5.41) is 12.2. The summed E-state index contributed by atoms with van der Waals surface area (Å²) in [5.74, 6) is 0.971. The first kappa shape index (κ1) is 21.8. The highest BCUT2D eigenvalue weighted by Crippen LogP contribution is 2.25. The molecule has 2 aromatic heterocycles. The van der Waals surface area contributed by atoms with E-state index < -0.39 is 0 Å². The fourth-order valence-electron chi connectivity index (χ4n) is 3.44. The Morgan fingerprint density at radius 3 is 2.41 bits per heavy atom. The number of carbonyl (C=O) groups excluding carboxylic acids is 1. The maximum Gasteiger partial charge on any atom is 0.234 e. The number of nitrogens with one attached hydrogen (secondary N) is 1. The molecule has 4 aromatic rings. The number of carbonyl (C=O) groups is 1. The number of nitrogens with zero attached hydrogens (tertiary/aromatic N) is 4. The summed E-state index contributed by atoms with van der Waals surface area (Å²) >= 11 is 1.38. The van der Waals surface area contributed by atoms with Gasteiger partial charge in [-0.15, -0.1) is 10.2 Å². The van der Waals surface area contributed by atoms with Gasteiger partial charge in [0.15, 0.2) is 5.16 Å². The molecule has 0 aliphatic rings. The third kappa shape index (κ3) is 5.23. The molecule has 0 aliphatic carbocycles. The van der Waals surface area contributed by atoms with E-state index in [1.165, 1.54) is 28.5 Å². The smallest absolute Gasteiger partial charge is 0.234 e. The Balaban J connectivity index is 1.38. The molecule has 1 N–H and O–H groups in total. The van der Waals surface area contributed by atoms with Gasteiger partial charge in [0, 0.05) is 18.1 Å². The van der Waals surface area contributed by atoms with E-state index in [9.17, 15) is 4.79 Å². The van der Waals surface area contributed by atoms with Gasteiger partial charge < -0.3 is 5.32 Å². The maximum absolute atomic E-state index is 12.5. The molecule has 0 aliphatic heterocycles. The van der Waals surface area contributed by atoms with Crippen molar-refractivity contribution < 1.29 is 4.79 Å². The molecule has 0 saturated heterocycles. The Bertz CT molecular complexity index is 1220. The molecule has 4 rings (SSSR count). The lowest BCUT2D eigenvalue weighted by molar-refractivity contribution is -0.113. The number of thioether (sulfide) groups is 1. The van der Waals surface area contributed by atoms with Crippen LogP contribution in [0.15, 0.2) is 72.1 Å². The fourth-order valence-corrected chi connectivity index (χ4v) is 4.23. The van der Waals surface area contributed by atoms with Crippen LogP contribution in [-0.2, 0) is 11.2 Å². The number of rotatable bonds is 7. The first-order valence-corrected chi connectivity index (χ1v) is 11.4. The first-order chi connectivity index (χ1) is 15.5. The van der Waals surface area contributed by atoms with Crippen molar-refractivity contribution in [1.82, 2.24) is 19.7 Å². The molecule has 162 valence electrons. The molecule has 32 heavy (non-hydrogen) atoms. The molecule has 2 aromatic carbocycles. The van der Waals surface area contributed by atoms with Crippen LogP contribution < -0.4 is 5.32 Å². The number of hydrogen-bond acceptors (Lipinski definition) is 5. The number of hydrogen-bond donors (Lipinski definition) is 1. The average molecular weight is 444 g/mol. The average Bonchev–Trinajstić information content (AvgIpc) is 3.16. The number of aryl methyl sites for hydroxylation is 3. The summed E-state index contributed by atoms with van der Waals surface area (Å²) in [5.41, 5.74) is 6.51. The van der Waals surface area contributed by atoms with Crippen molar-refractivity contribution >= 4 is 23.4 Å². The maximum atomic E-state index is 12.5. The van der Waals surface area contributed by atoms with Crippen molar-refractivity contribution in [3.05, 3.63) is 95.1 Å². The van der Waals surface area contributed by atoms with Crippen molar-refractivity contribution in [2.45, 2.75) is 32.3 Å². The zero-order chi connectivity index (χ0) is 22.5. The van der Waals surface area contributed by atoms with E-state index in [1.54, 1.807) is 12.4 Å². The highest BCUT2D eigenvalue weighted by Gasteiger charge is 2.15. The number of aromatic nitrogens is 4. The molecule has 6 nitrogen and oxygen atoms in total. The second kappa shape index (κ2) is 9.78. The van der Waals surface area contributed by atoms with Crippen LogP contribution in [0, 0.1) is 20.8 Å². The number of pyridine rings is 1. The molecule has 0 unspecified atom stereocenters. The fraction of sp³-hybridized carbons (Fsp3) is 0.200. The van der Waals surface area contributed by atoms with Crippen LogP contribution >= 0.6 is 11.8 Å². The van der Waals surface area contributed by atoms with Gasteiger partial charge >= 0.3 is 0 Å². The van der Waals surface area contributed by atoms with Crippen LogP contribution in [0.1, 0.15) is 28.1 Å². The molecule has 0 radical (unpaired) electrons. The summed E-state index contributed by atoms with van der Waals surface area (Å²) < 4.78 is 2.01. The lowest BCUT2D eigenvalue weighted by Crippen LogP contribution is -2.14. The minimum atomic E-state index is -0.0787. The minimum absolute atomic E-state index is 0.0787. The Labute approximate surface area is 192 Å². The molecule has 0 saturated carbocycles. The normalized spacial score (nSPS) is 10.8. The molecular weight excluding hydrogens is 418 g/mol. The van der Waals surface area contributed by atoms with Crippen molar-refractivity contribution in [1.29, 1.82) is 0 Å². The van der Waals surface area contributed by atoms with Crippen LogP contribution in [0.3, 0.4) is 0 Å². The van der Waals surface area contributed by atoms with Gasteiger partial charge in [0.25, 0.3) is 0 Å². The van der Waals surface area contributed by atoms with Gasteiger partial charge in [-0.3, -0.25) is 14.3 Å². The topological polar surface area (TPSA) is 72.7 Å². The van der Waals surface area contributed by atoms with Crippen molar-refractivity contribution in [3.63, 3.8) is 0 Å². The van der Waals surface area contributed by atoms with E-state index in [1.807, 2.05) is 47.9 Å². The lowest BCUT2D eigenvalue weighted by atomic mass is 10.1. The Morgan fingerprint density at radius 1 is 0.938 bits per heavy atom. The Kier molecular flexibility index (Phi) is 6.66. The Morgan fingerprint density at radius 2 is 1.66 bits per heavy atom. The number of anilines is 1. The molecule has 0 spiro atoms. The summed E-state index contributed by atoms with van der Waals surface area (Å²) in [6, 6.07) is 18.2. The Hall–Kier alpha value is -3.45. The van der Waals surface area contributed by atoms with Gasteiger partial charge in [-0.1, -0.05) is 36.0 Å². The molecule has 0 bridgehead atoms. The number of benzene rings is 2. The third-order valence-corrected chi connectivity index (χ3v) is 6.06. The second-order valence-electron chi connectivity index (χ2n) is 7.72. The summed E-state index contributed by atoms with van der Waals surface area (Å²) in [6.07, 6.45) is 4.42. The predicted molar refractivity (Wildman–Crippen MR) is 128 cm³/mol. The zero-order valence-electron chi connectivity index (χ0n) is 18.4. The quantitative estimate of drug-likeness (QED) is 0.411. The highest BCUT2D eigenvalue weighted by atomic mass is 32.2.